The predicted molar refractivity (Wildman–Crippen MR) is 66.0 cm³/mol. The molecule has 1 aliphatic rings. The van der Waals surface area contributed by atoms with Gasteiger partial charge in [0, 0.05) is 5.92 Å². The summed E-state index contributed by atoms with van der Waals surface area (Å²) < 4.78 is 38.6. The highest BCUT2D eigenvalue weighted by Crippen LogP contribution is 2.41. The summed E-state index contributed by atoms with van der Waals surface area (Å²) in [6, 6.07) is 0. The minimum Gasteiger partial charge on any atom is -0.479 e. The van der Waals surface area contributed by atoms with E-state index in [1.165, 1.54) is 0 Å². The molecule has 0 aromatic rings. The van der Waals surface area contributed by atoms with Crippen molar-refractivity contribution in [1.29, 1.82) is 0 Å². The maximum Gasteiger partial charge on any atom is 0.422 e. The molecule has 1 saturated carbocycles. The molecule has 0 saturated heterocycles. The summed E-state index contributed by atoms with van der Waals surface area (Å²) in [6.07, 6.45) is -2.15. The summed E-state index contributed by atoms with van der Waals surface area (Å²) in [5.41, 5.74) is -3.68. The van der Waals surface area contributed by atoms with Gasteiger partial charge in [-0.3, -0.25) is 4.79 Å². The first-order valence-corrected chi connectivity index (χ1v) is 6.54. The molecule has 2 unspecified atom stereocenters. The van der Waals surface area contributed by atoms with Crippen molar-refractivity contribution in [1.82, 2.24) is 5.32 Å². The molecule has 0 heterocycles. The van der Waals surface area contributed by atoms with Crippen molar-refractivity contribution in [2.24, 2.45) is 11.3 Å². The minimum absolute atomic E-state index is 0.423. The number of carboxylic acids is 1. The molecule has 7 heteroatoms. The zero-order valence-corrected chi connectivity index (χ0v) is 11.8. The molecule has 1 amide bonds. The van der Waals surface area contributed by atoms with E-state index in [2.05, 4.69) is 0 Å². The molecule has 0 aliphatic heterocycles. The van der Waals surface area contributed by atoms with E-state index in [9.17, 15) is 22.8 Å². The van der Waals surface area contributed by atoms with Crippen molar-refractivity contribution in [2.75, 3.05) is 0 Å². The first-order chi connectivity index (χ1) is 8.92. The van der Waals surface area contributed by atoms with Gasteiger partial charge >= 0.3 is 12.1 Å². The lowest BCUT2D eigenvalue weighted by molar-refractivity contribution is -0.208. The van der Waals surface area contributed by atoms with Gasteiger partial charge in [0.15, 0.2) is 0 Å². The molecule has 0 spiro atoms. The molecule has 1 aliphatic carbocycles. The predicted octanol–water partition coefficient (Wildman–Crippen LogP) is 2.72. The van der Waals surface area contributed by atoms with Gasteiger partial charge in [0.05, 0.1) is 0 Å². The fourth-order valence-corrected chi connectivity index (χ4v) is 2.56. The summed E-state index contributed by atoms with van der Waals surface area (Å²) in [7, 11) is 0. The van der Waals surface area contributed by atoms with Gasteiger partial charge in [0.2, 0.25) is 11.4 Å². The number of carboxylic acid groups (broad SMARTS) is 1. The zero-order chi connectivity index (χ0) is 15.8. The Morgan fingerprint density at radius 1 is 1.25 bits per heavy atom. The molecule has 1 rings (SSSR count). The van der Waals surface area contributed by atoms with Crippen LogP contribution in [0, 0.1) is 11.3 Å². The van der Waals surface area contributed by atoms with E-state index in [0.29, 0.717) is 13.3 Å². The van der Waals surface area contributed by atoms with Crippen molar-refractivity contribution < 1.29 is 27.9 Å². The van der Waals surface area contributed by atoms with Gasteiger partial charge in [0.1, 0.15) is 0 Å². The van der Waals surface area contributed by atoms with E-state index in [4.69, 9.17) is 5.11 Å². The first-order valence-electron chi connectivity index (χ1n) is 6.54. The number of carbonyl (C=O) groups is 2. The monoisotopic (exact) mass is 295 g/mol. The molecule has 0 aromatic carbocycles. The fraction of sp³-hybridized carbons (Fsp3) is 0.846. The number of aliphatic carboxylic acids is 1. The third kappa shape index (κ3) is 3.07. The summed E-state index contributed by atoms with van der Waals surface area (Å²) >= 11 is 0. The van der Waals surface area contributed by atoms with Crippen LogP contribution in [0.1, 0.15) is 46.5 Å². The SMILES string of the molecule is CC1(C)CCCCC1C(=O)NC(C)(C(=O)O)C(F)(F)F. The van der Waals surface area contributed by atoms with E-state index in [1.807, 2.05) is 13.8 Å². The van der Waals surface area contributed by atoms with Gasteiger partial charge in [-0.1, -0.05) is 26.7 Å². The second kappa shape index (κ2) is 5.26. The molecule has 2 atom stereocenters. The molecule has 4 nitrogen and oxygen atoms in total. The quantitative estimate of drug-likeness (QED) is 0.841. The highest BCUT2D eigenvalue weighted by molar-refractivity contribution is 5.88. The zero-order valence-electron chi connectivity index (χ0n) is 11.8. The Balaban J connectivity index is 2.95. The van der Waals surface area contributed by atoms with Crippen molar-refractivity contribution in [3.63, 3.8) is 0 Å². The molecule has 116 valence electrons. The number of halogens is 3. The molecule has 0 bridgehead atoms. The van der Waals surface area contributed by atoms with Crippen LogP contribution in [0.15, 0.2) is 0 Å². The van der Waals surface area contributed by atoms with Gasteiger partial charge in [-0.2, -0.15) is 13.2 Å². The normalized spacial score (nSPS) is 25.6. The maximum atomic E-state index is 12.9. The molecule has 20 heavy (non-hydrogen) atoms. The van der Waals surface area contributed by atoms with Crippen LogP contribution in [0.5, 0.6) is 0 Å². The number of rotatable bonds is 3. The Hall–Kier alpha value is -1.27. The Bertz CT molecular complexity index is 406. The standard InChI is InChI=1S/C13H20F3NO3/c1-11(2)7-5-4-6-8(11)9(18)17-12(3,10(19)20)13(14,15)16/h8H,4-7H2,1-3H3,(H,17,18)(H,19,20). The number of hydrogen-bond donors (Lipinski definition) is 2. The van der Waals surface area contributed by atoms with Crippen LogP contribution in [0.3, 0.4) is 0 Å². The van der Waals surface area contributed by atoms with Crippen molar-refractivity contribution in [3.8, 4) is 0 Å². The minimum atomic E-state index is -5.05. The van der Waals surface area contributed by atoms with E-state index in [1.54, 1.807) is 5.32 Å². The van der Waals surface area contributed by atoms with Crippen LogP contribution in [-0.2, 0) is 9.59 Å². The molecular weight excluding hydrogens is 275 g/mol. The molecule has 2 N–H and O–H groups in total. The summed E-state index contributed by atoms with van der Waals surface area (Å²) in [4.78, 5) is 23.0. The number of nitrogens with one attached hydrogen (secondary N) is 1. The number of carbonyl (C=O) groups excluding carboxylic acids is 1. The van der Waals surface area contributed by atoms with Gasteiger partial charge in [-0.05, 0) is 25.2 Å². The lowest BCUT2D eigenvalue weighted by atomic mass is 9.68. The molecular formula is C13H20F3NO3. The Kier molecular flexibility index (Phi) is 4.41. The maximum absolute atomic E-state index is 12.9. The topological polar surface area (TPSA) is 66.4 Å². The number of hydrogen-bond acceptors (Lipinski definition) is 2. The smallest absolute Gasteiger partial charge is 0.422 e. The first kappa shape index (κ1) is 16.8. The highest BCUT2D eigenvalue weighted by atomic mass is 19.4. The van der Waals surface area contributed by atoms with Crippen LogP contribution in [0.2, 0.25) is 0 Å². The largest absolute Gasteiger partial charge is 0.479 e. The summed E-state index contributed by atoms with van der Waals surface area (Å²) in [5.74, 6) is -3.54. The molecule has 1 fully saturated rings. The highest BCUT2D eigenvalue weighted by Gasteiger charge is 2.59. The van der Waals surface area contributed by atoms with Crippen LogP contribution in [0.4, 0.5) is 13.2 Å². The second-order valence-corrected chi connectivity index (χ2v) is 6.20. The van der Waals surface area contributed by atoms with Gasteiger partial charge in [-0.25, -0.2) is 4.79 Å². The third-order valence-corrected chi connectivity index (χ3v) is 4.19. The van der Waals surface area contributed by atoms with Crippen LogP contribution >= 0.6 is 0 Å². The Morgan fingerprint density at radius 3 is 2.20 bits per heavy atom. The van der Waals surface area contributed by atoms with E-state index >= 15 is 0 Å². The average Bonchev–Trinajstić information content (AvgIpc) is 2.26. The van der Waals surface area contributed by atoms with E-state index in [0.717, 1.165) is 19.3 Å². The Labute approximate surface area is 115 Å². The van der Waals surface area contributed by atoms with Crippen LogP contribution in [-0.4, -0.2) is 28.7 Å². The number of alkyl halides is 3. The summed E-state index contributed by atoms with van der Waals surface area (Å²) in [6.45, 7) is 4.12. The average molecular weight is 295 g/mol. The lowest BCUT2D eigenvalue weighted by Crippen LogP contribution is -2.63. The van der Waals surface area contributed by atoms with Crippen molar-refractivity contribution in [2.45, 2.75) is 58.2 Å². The van der Waals surface area contributed by atoms with Gasteiger partial charge in [0.25, 0.3) is 0 Å². The van der Waals surface area contributed by atoms with Crippen molar-refractivity contribution in [3.05, 3.63) is 0 Å². The van der Waals surface area contributed by atoms with E-state index in [-0.39, 0.29) is 0 Å². The Morgan fingerprint density at radius 2 is 1.80 bits per heavy atom. The second-order valence-electron chi connectivity index (χ2n) is 6.20. The van der Waals surface area contributed by atoms with Gasteiger partial charge in [-0.15, -0.1) is 0 Å². The number of amides is 1. The van der Waals surface area contributed by atoms with Crippen molar-refractivity contribution >= 4 is 11.9 Å². The van der Waals surface area contributed by atoms with Gasteiger partial charge < -0.3 is 10.4 Å². The third-order valence-electron chi connectivity index (χ3n) is 4.19. The molecule has 0 radical (unpaired) electrons. The summed E-state index contributed by atoms with van der Waals surface area (Å²) in [5, 5.41) is 10.5. The van der Waals surface area contributed by atoms with Crippen LogP contribution in [0.25, 0.3) is 0 Å². The molecule has 0 aromatic heterocycles. The fourth-order valence-electron chi connectivity index (χ4n) is 2.56. The van der Waals surface area contributed by atoms with Crippen LogP contribution < -0.4 is 5.32 Å². The lowest BCUT2D eigenvalue weighted by Gasteiger charge is -2.39. The van der Waals surface area contributed by atoms with E-state index < -0.39 is 34.9 Å².